The Morgan fingerprint density at radius 2 is 2.06 bits per heavy atom. The number of nitriles is 1. The van der Waals surface area contributed by atoms with Gasteiger partial charge in [-0.1, -0.05) is 15.9 Å². The third-order valence-corrected chi connectivity index (χ3v) is 2.98. The quantitative estimate of drug-likeness (QED) is 0.846. The Balaban J connectivity index is 2.42. The molecule has 0 bridgehead atoms. The first-order valence-electron chi connectivity index (χ1n) is 4.89. The lowest BCUT2D eigenvalue weighted by molar-refractivity contribution is 0.845. The molecule has 0 fully saturated rings. The summed E-state index contributed by atoms with van der Waals surface area (Å²) in [5, 5.41) is 13.0. The zero-order chi connectivity index (χ0) is 11.5. The number of hydrogen-bond donors (Lipinski definition) is 0. The molecule has 2 aromatic rings. The maximum Gasteiger partial charge on any atom is 0.0671 e. The maximum atomic E-state index is 8.67. The van der Waals surface area contributed by atoms with E-state index >= 15 is 0 Å². The minimum Gasteiger partial charge on any atom is -0.238 e. The van der Waals surface area contributed by atoms with Crippen LogP contribution in [0.15, 0.2) is 34.9 Å². The van der Waals surface area contributed by atoms with E-state index in [1.165, 1.54) is 0 Å². The first-order valence-corrected chi connectivity index (χ1v) is 5.68. The van der Waals surface area contributed by atoms with Crippen molar-refractivity contribution in [3.05, 3.63) is 46.2 Å². The second-order valence-electron chi connectivity index (χ2n) is 3.48. The summed E-state index contributed by atoms with van der Waals surface area (Å²) in [6.45, 7) is 1.97. The van der Waals surface area contributed by atoms with Crippen molar-refractivity contribution in [2.75, 3.05) is 0 Å². The lowest BCUT2D eigenvalue weighted by Crippen LogP contribution is -1.99. The molecule has 0 unspecified atom stereocenters. The van der Waals surface area contributed by atoms with Gasteiger partial charge in [0.25, 0.3) is 0 Å². The van der Waals surface area contributed by atoms with Crippen LogP contribution < -0.4 is 0 Å². The van der Waals surface area contributed by atoms with Crippen molar-refractivity contribution in [1.82, 2.24) is 9.78 Å². The molecule has 0 amide bonds. The summed E-state index contributed by atoms with van der Waals surface area (Å²) in [4.78, 5) is 0. The van der Waals surface area contributed by atoms with Crippen LogP contribution in [0.4, 0.5) is 0 Å². The number of benzene rings is 1. The molecule has 0 aliphatic rings. The van der Waals surface area contributed by atoms with E-state index in [9.17, 15) is 0 Å². The molecule has 4 heteroatoms. The minimum absolute atomic E-state index is 0.405. The SMILES string of the molecule is Cc1c(CC#N)cnn1-c1ccc(Br)cc1. The zero-order valence-corrected chi connectivity index (χ0v) is 10.4. The van der Waals surface area contributed by atoms with Crippen molar-refractivity contribution in [3.8, 4) is 11.8 Å². The van der Waals surface area contributed by atoms with E-state index in [1.54, 1.807) is 6.20 Å². The van der Waals surface area contributed by atoms with Crippen LogP contribution in [0.5, 0.6) is 0 Å². The molecule has 1 aromatic carbocycles. The van der Waals surface area contributed by atoms with Gasteiger partial charge in [0.15, 0.2) is 0 Å². The molecular formula is C12H10BrN3. The molecule has 2 rings (SSSR count). The largest absolute Gasteiger partial charge is 0.238 e. The number of rotatable bonds is 2. The average molecular weight is 276 g/mol. The third kappa shape index (κ3) is 2.00. The van der Waals surface area contributed by atoms with Gasteiger partial charge in [-0.25, -0.2) is 4.68 Å². The van der Waals surface area contributed by atoms with Gasteiger partial charge in [-0.3, -0.25) is 0 Å². The summed E-state index contributed by atoms with van der Waals surface area (Å²) < 4.78 is 2.89. The van der Waals surface area contributed by atoms with Crippen LogP contribution in [-0.4, -0.2) is 9.78 Å². The predicted molar refractivity (Wildman–Crippen MR) is 65.3 cm³/mol. The monoisotopic (exact) mass is 275 g/mol. The van der Waals surface area contributed by atoms with Crippen molar-refractivity contribution < 1.29 is 0 Å². The Hall–Kier alpha value is -1.60. The molecule has 1 aromatic heterocycles. The molecule has 0 N–H and O–H groups in total. The third-order valence-electron chi connectivity index (χ3n) is 2.45. The average Bonchev–Trinajstić information content (AvgIpc) is 2.63. The summed E-state index contributed by atoms with van der Waals surface area (Å²) >= 11 is 3.39. The second-order valence-corrected chi connectivity index (χ2v) is 4.39. The Morgan fingerprint density at radius 1 is 1.38 bits per heavy atom. The van der Waals surface area contributed by atoms with Gasteiger partial charge < -0.3 is 0 Å². The molecule has 0 aliphatic carbocycles. The summed E-state index contributed by atoms with van der Waals surface area (Å²) in [5.41, 5.74) is 3.00. The number of aromatic nitrogens is 2. The molecular weight excluding hydrogens is 266 g/mol. The van der Waals surface area contributed by atoms with E-state index in [4.69, 9.17) is 5.26 Å². The van der Waals surface area contributed by atoms with Gasteiger partial charge in [-0.05, 0) is 31.2 Å². The van der Waals surface area contributed by atoms with E-state index in [0.29, 0.717) is 6.42 Å². The Kier molecular flexibility index (Phi) is 3.07. The van der Waals surface area contributed by atoms with Crippen molar-refractivity contribution in [1.29, 1.82) is 5.26 Å². The fourth-order valence-electron chi connectivity index (χ4n) is 1.54. The van der Waals surface area contributed by atoms with Crippen LogP contribution in [0.1, 0.15) is 11.3 Å². The Labute approximate surface area is 102 Å². The summed E-state index contributed by atoms with van der Waals surface area (Å²) in [6, 6.07) is 10.1. The van der Waals surface area contributed by atoms with Crippen LogP contribution in [0, 0.1) is 18.3 Å². The molecule has 16 heavy (non-hydrogen) atoms. The van der Waals surface area contributed by atoms with Gasteiger partial charge in [0.1, 0.15) is 0 Å². The van der Waals surface area contributed by atoms with E-state index in [0.717, 1.165) is 21.4 Å². The molecule has 0 aliphatic heterocycles. The van der Waals surface area contributed by atoms with Crippen LogP contribution in [0.25, 0.3) is 5.69 Å². The molecule has 1 heterocycles. The minimum atomic E-state index is 0.405. The van der Waals surface area contributed by atoms with Gasteiger partial charge in [-0.2, -0.15) is 10.4 Å². The van der Waals surface area contributed by atoms with E-state index in [2.05, 4.69) is 27.1 Å². The van der Waals surface area contributed by atoms with Gasteiger partial charge in [0.2, 0.25) is 0 Å². The van der Waals surface area contributed by atoms with Gasteiger partial charge in [0.05, 0.1) is 24.4 Å². The van der Waals surface area contributed by atoms with E-state index in [1.807, 2.05) is 35.9 Å². The first kappa shape index (κ1) is 10.9. The van der Waals surface area contributed by atoms with Crippen LogP contribution in [0.2, 0.25) is 0 Å². The highest BCUT2D eigenvalue weighted by Crippen LogP contribution is 2.17. The van der Waals surface area contributed by atoms with Crippen LogP contribution in [0.3, 0.4) is 0 Å². The fraction of sp³-hybridized carbons (Fsp3) is 0.167. The number of nitrogens with zero attached hydrogens (tertiary/aromatic N) is 3. The molecule has 3 nitrogen and oxygen atoms in total. The van der Waals surface area contributed by atoms with Crippen molar-refractivity contribution >= 4 is 15.9 Å². The highest BCUT2D eigenvalue weighted by atomic mass is 79.9. The summed E-state index contributed by atoms with van der Waals surface area (Å²) in [7, 11) is 0. The normalized spacial score (nSPS) is 10.1. The van der Waals surface area contributed by atoms with Crippen LogP contribution in [-0.2, 0) is 6.42 Å². The molecule has 0 saturated carbocycles. The van der Waals surface area contributed by atoms with Crippen LogP contribution >= 0.6 is 15.9 Å². The Morgan fingerprint density at radius 3 is 2.69 bits per heavy atom. The summed E-state index contributed by atoms with van der Waals surface area (Å²) in [6.07, 6.45) is 2.16. The smallest absolute Gasteiger partial charge is 0.0671 e. The lowest BCUT2D eigenvalue weighted by Gasteiger charge is -2.04. The molecule has 0 spiro atoms. The topological polar surface area (TPSA) is 41.6 Å². The van der Waals surface area contributed by atoms with Crippen molar-refractivity contribution in [2.45, 2.75) is 13.3 Å². The van der Waals surface area contributed by atoms with Gasteiger partial charge >= 0.3 is 0 Å². The maximum absolute atomic E-state index is 8.67. The van der Waals surface area contributed by atoms with Crippen molar-refractivity contribution in [2.24, 2.45) is 0 Å². The van der Waals surface area contributed by atoms with Crippen molar-refractivity contribution in [3.63, 3.8) is 0 Å². The highest BCUT2D eigenvalue weighted by Gasteiger charge is 2.07. The summed E-state index contributed by atoms with van der Waals surface area (Å²) in [5.74, 6) is 0. The number of hydrogen-bond acceptors (Lipinski definition) is 2. The molecule has 80 valence electrons. The highest BCUT2D eigenvalue weighted by molar-refractivity contribution is 9.10. The molecule has 0 atom stereocenters. The Bertz CT molecular complexity index is 534. The number of halogens is 1. The second kappa shape index (κ2) is 4.50. The van der Waals surface area contributed by atoms with Gasteiger partial charge in [-0.15, -0.1) is 0 Å². The molecule has 0 saturated heterocycles. The van der Waals surface area contributed by atoms with E-state index in [-0.39, 0.29) is 0 Å². The first-order chi connectivity index (χ1) is 7.72. The fourth-order valence-corrected chi connectivity index (χ4v) is 1.81. The zero-order valence-electron chi connectivity index (χ0n) is 8.81. The predicted octanol–water partition coefficient (Wildman–Crippen LogP) is 3.01. The molecule has 0 radical (unpaired) electrons. The lowest BCUT2D eigenvalue weighted by atomic mass is 10.2. The van der Waals surface area contributed by atoms with E-state index < -0.39 is 0 Å². The van der Waals surface area contributed by atoms with Gasteiger partial charge in [0, 0.05) is 15.7 Å². The standard InChI is InChI=1S/C12H10BrN3/c1-9-10(6-7-14)8-15-16(9)12-4-2-11(13)3-5-12/h2-5,8H,6H2,1H3.